The number of aromatic nitrogens is 5. The summed E-state index contributed by atoms with van der Waals surface area (Å²) in [6, 6.07) is 6.55. The minimum Gasteiger partial charge on any atom is -0.321 e. The van der Waals surface area contributed by atoms with E-state index in [0.717, 1.165) is 17.2 Å². The molecule has 126 valence electrons. The van der Waals surface area contributed by atoms with E-state index in [2.05, 4.69) is 19.9 Å². The number of rotatable bonds is 5. The molecule has 0 radical (unpaired) electrons. The van der Waals surface area contributed by atoms with Crippen LogP contribution in [-0.2, 0) is 17.1 Å². The van der Waals surface area contributed by atoms with E-state index >= 15 is 0 Å². The van der Waals surface area contributed by atoms with Gasteiger partial charge < -0.3 is 9.13 Å². The van der Waals surface area contributed by atoms with Crippen LogP contribution in [0.2, 0.25) is 0 Å². The van der Waals surface area contributed by atoms with Crippen molar-refractivity contribution in [3.05, 3.63) is 48.8 Å². The Morgan fingerprint density at radius 1 is 1.21 bits per heavy atom. The summed E-state index contributed by atoms with van der Waals surface area (Å²) >= 11 is 0. The van der Waals surface area contributed by atoms with Crippen LogP contribution in [0.25, 0.3) is 11.4 Å². The quantitative estimate of drug-likeness (QED) is 0.749. The van der Waals surface area contributed by atoms with Crippen molar-refractivity contribution < 1.29 is 8.42 Å². The van der Waals surface area contributed by atoms with Crippen LogP contribution in [0.15, 0.2) is 47.9 Å². The molecule has 0 bridgehead atoms. The molecule has 8 nitrogen and oxygen atoms in total. The fourth-order valence-electron chi connectivity index (χ4n) is 2.54. The molecule has 24 heavy (non-hydrogen) atoms. The summed E-state index contributed by atoms with van der Waals surface area (Å²) in [6.07, 6.45) is 5.23. The minimum absolute atomic E-state index is 0.0595. The molecule has 0 saturated carbocycles. The Balaban J connectivity index is 1.98. The van der Waals surface area contributed by atoms with Gasteiger partial charge in [-0.15, -0.1) is 10.2 Å². The highest BCUT2D eigenvalue weighted by Gasteiger charge is 2.18. The van der Waals surface area contributed by atoms with Crippen molar-refractivity contribution in [3.63, 3.8) is 0 Å². The van der Waals surface area contributed by atoms with Crippen LogP contribution in [0.1, 0.15) is 18.8 Å². The summed E-state index contributed by atoms with van der Waals surface area (Å²) in [6.45, 7) is 2.01. The third kappa shape index (κ3) is 2.83. The van der Waals surface area contributed by atoms with Gasteiger partial charge in [-0.3, -0.25) is 0 Å². The lowest BCUT2D eigenvalue weighted by atomic mass is 10.2. The summed E-state index contributed by atoms with van der Waals surface area (Å²) in [5.41, 5.74) is 0.823. The second-order valence-electron chi connectivity index (χ2n) is 5.37. The summed E-state index contributed by atoms with van der Waals surface area (Å²) < 4.78 is 29.8. The summed E-state index contributed by atoms with van der Waals surface area (Å²) in [5.74, 6) is 1.54. The molecule has 0 spiro atoms. The molecule has 2 aromatic heterocycles. The predicted octanol–water partition coefficient (Wildman–Crippen LogP) is 1.20. The molecule has 1 aromatic carbocycles. The van der Waals surface area contributed by atoms with Gasteiger partial charge in [-0.05, 0) is 38.2 Å². The minimum atomic E-state index is -3.45. The van der Waals surface area contributed by atoms with Crippen molar-refractivity contribution in [2.75, 3.05) is 7.05 Å². The Kier molecular flexibility index (Phi) is 4.20. The van der Waals surface area contributed by atoms with Crippen LogP contribution in [0.5, 0.6) is 0 Å². The monoisotopic (exact) mass is 346 g/mol. The van der Waals surface area contributed by atoms with Crippen molar-refractivity contribution in [2.24, 2.45) is 7.05 Å². The van der Waals surface area contributed by atoms with Crippen molar-refractivity contribution in [1.82, 2.24) is 29.0 Å². The van der Waals surface area contributed by atoms with Gasteiger partial charge in [0.1, 0.15) is 12.2 Å². The first-order valence-electron chi connectivity index (χ1n) is 7.34. The largest absolute Gasteiger partial charge is 0.321 e. The van der Waals surface area contributed by atoms with E-state index < -0.39 is 10.0 Å². The predicted molar refractivity (Wildman–Crippen MR) is 88.7 cm³/mol. The van der Waals surface area contributed by atoms with E-state index in [4.69, 9.17) is 0 Å². The SMILES string of the molecule is CNS(=O)(=O)c1ccc(-c2nccn2[C@H](C)c2nncn2C)cc1. The molecule has 2 heterocycles. The molecule has 9 heteroatoms. The molecular formula is C15H18N6O2S. The summed E-state index contributed by atoms with van der Waals surface area (Å²) in [5, 5.41) is 8.05. The van der Waals surface area contributed by atoms with E-state index in [1.807, 2.05) is 29.3 Å². The van der Waals surface area contributed by atoms with Crippen LogP contribution < -0.4 is 4.72 Å². The second kappa shape index (κ2) is 6.17. The maximum Gasteiger partial charge on any atom is 0.240 e. The maximum absolute atomic E-state index is 11.8. The molecule has 0 aliphatic carbocycles. The van der Waals surface area contributed by atoms with Crippen molar-refractivity contribution in [1.29, 1.82) is 0 Å². The van der Waals surface area contributed by atoms with E-state index in [9.17, 15) is 8.42 Å². The lowest BCUT2D eigenvalue weighted by Crippen LogP contribution is -2.18. The normalized spacial score (nSPS) is 13.1. The molecule has 0 aliphatic rings. The van der Waals surface area contributed by atoms with Crippen molar-refractivity contribution >= 4 is 10.0 Å². The number of hydrogen-bond acceptors (Lipinski definition) is 5. The van der Waals surface area contributed by atoms with Gasteiger partial charge in [0.15, 0.2) is 5.82 Å². The molecule has 1 atom stereocenters. The molecule has 3 aromatic rings. The number of imidazole rings is 1. The van der Waals surface area contributed by atoms with Gasteiger partial charge in [0.25, 0.3) is 0 Å². The van der Waals surface area contributed by atoms with Gasteiger partial charge >= 0.3 is 0 Å². The van der Waals surface area contributed by atoms with E-state index in [-0.39, 0.29) is 10.9 Å². The molecule has 1 N–H and O–H groups in total. The van der Waals surface area contributed by atoms with Gasteiger partial charge in [-0.1, -0.05) is 0 Å². The first-order valence-corrected chi connectivity index (χ1v) is 8.83. The van der Waals surface area contributed by atoms with Crippen LogP contribution in [-0.4, -0.2) is 39.8 Å². The van der Waals surface area contributed by atoms with E-state index in [0.29, 0.717) is 0 Å². The third-order valence-corrected chi connectivity index (χ3v) is 5.33. The Hall–Kier alpha value is -2.52. The summed E-state index contributed by atoms with van der Waals surface area (Å²) in [7, 11) is -0.174. The Morgan fingerprint density at radius 2 is 1.92 bits per heavy atom. The van der Waals surface area contributed by atoms with Gasteiger partial charge in [0, 0.05) is 25.0 Å². The zero-order valence-corrected chi connectivity index (χ0v) is 14.4. The first kappa shape index (κ1) is 16.3. The fraction of sp³-hybridized carbons (Fsp3) is 0.267. The summed E-state index contributed by atoms with van der Waals surface area (Å²) in [4.78, 5) is 4.62. The third-order valence-electron chi connectivity index (χ3n) is 3.90. The van der Waals surface area contributed by atoms with Crippen LogP contribution in [0.3, 0.4) is 0 Å². The van der Waals surface area contributed by atoms with E-state index in [1.165, 1.54) is 7.05 Å². The number of nitrogens with zero attached hydrogens (tertiary/aromatic N) is 5. The van der Waals surface area contributed by atoms with Crippen LogP contribution >= 0.6 is 0 Å². The zero-order chi connectivity index (χ0) is 17.3. The molecule has 0 aliphatic heterocycles. The van der Waals surface area contributed by atoms with Crippen LogP contribution in [0, 0.1) is 0 Å². The number of aryl methyl sites for hydroxylation is 1. The standard InChI is InChI=1S/C15H18N6O2S/c1-11(14-19-18-10-20(14)3)21-9-8-17-15(21)12-4-6-13(7-5-12)24(22,23)16-2/h4-11,16H,1-3H3/t11-/m1/s1. The molecular weight excluding hydrogens is 328 g/mol. The molecule has 0 saturated heterocycles. The molecule has 0 fully saturated rings. The zero-order valence-electron chi connectivity index (χ0n) is 13.6. The maximum atomic E-state index is 11.8. The lowest BCUT2D eigenvalue weighted by Gasteiger charge is -2.15. The molecule has 3 rings (SSSR count). The number of hydrogen-bond donors (Lipinski definition) is 1. The first-order chi connectivity index (χ1) is 11.4. The molecule has 0 unspecified atom stereocenters. The fourth-order valence-corrected chi connectivity index (χ4v) is 3.28. The number of sulfonamides is 1. The highest BCUT2D eigenvalue weighted by Crippen LogP contribution is 2.25. The Bertz CT molecular complexity index is 943. The Morgan fingerprint density at radius 3 is 2.50 bits per heavy atom. The average Bonchev–Trinajstić information content (AvgIpc) is 3.23. The topological polar surface area (TPSA) is 94.7 Å². The number of benzene rings is 1. The lowest BCUT2D eigenvalue weighted by molar-refractivity contribution is 0.578. The highest BCUT2D eigenvalue weighted by atomic mass is 32.2. The highest BCUT2D eigenvalue weighted by molar-refractivity contribution is 7.89. The number of nitrogens with one attached hydrogen (secondary N) is 1. The average molecular weight is 346 g/mol. The van der Waals surface area contributed by atoms with Crippen molar-refractivity contribution in [2.45, 2.75) is 17.9 Å². The smallest absolute Gasteiger partial charge is 0.240 e. The van der Waals surface area contributed by atoms with Gasteiger partial charge in [-0.2, -0.15) is 0 Å². The van der Waals surface area contributed by atoms with Gasteiger partial charge in [-0.25, -0.2) is 18.1 Å². The second-order valence-corrected chi connectivity index (χ2v) is 7.25. The van der Waals surface area contributed by atoms with Crippen molar-refractivity contribution in [3.8, 4) is 11.4 Å². The van der Waals surface area contributed by atoms with Gasteiger partial charge in [0.05, 0.1) is 10.9 Å². The van der Waals surface area contributed by atoms with Crippen LogP contribution in [0.4, 0.5) is 0 Å². The van der Waals surface area contributed by atoms with Gasteiger partial charge in [0.2, 0.25) is 10.0 Å². The van der Waals surface area contributed by atoms with E-state index in [1.54, 1.807) is 36.8 Å². The molecule has 0 amide bonds. The Labute approximate surface area is 140 Å².